The van der Waals surface area contributed by atoms with E-state index in [4.69, 9.17) is 9.84 Å². The maximum absolute atomic E-state index is 12.7. The van der Waals surface area contributed by atoms with Gasteiger partial charge in [-0.05, 0) is 44.6 Å². The molecule has 1 unspecified atom stereocenters. The van der Waals surface area contributed by atoms with Gasteiger partial charge in [-0.1, -0.05) is 6.42 Å². The van der Waals surface area contributed by atoms with Gasteiger partial charge in [0.05, 0.1) is 6.42 Å². The number of aliphatic carboxylic acids is 1. The van der Waals surface area contributed by atoms with Crippen LogP contribution in [0.4, 0.5) is 0 Å². The Balaban J connectivity index is 1.68. The predicted molar refractivity (Wildman–Crippen MR) is 88.0 cm³/mol. The van der Waals surface area contributed by atoms with Crippen molar-refractivity contribution in [1.82, 2.24) is 9.88 Å². The molecule has 130 valence electrons. The van der Waals surface area contributed by atoms with Gasteiger partial charge in [0.1, 0.15) is 6.10 Å². The van der Waals surface area contributed by atoms with E-state index in [1.165, 1.54) is 19.3 Å². The Hall–Kier alpha value is -2.11. The Morgan fingerprint density at radius 2 is 2.00 bits per heavy atom. The molecule has 6 heteroatoms. The fourth-order valence-corrected chi connectivity index (χ4v) is 3.64. The first-order valence-corrected chi connectivity index (χ1v) is 8.79. The van der Waals surface area contributed by atoms with E-state index in [1.54, 1.807) is 23.2 Å². The van der Waals surface area contributed by atoms with Gasteiger partial charge in [0.25, 0.3) is 5.91 Å². The second-order valence-corrected chi connectivity index (χ2v) is 6.65. The molecule has 1 aromatic heterocycles. The minimum Gasteiger partial charge on any atom is -0.481 e. The van der Waals surface area contributed by atoms with Crippen LogP contribution in [0.2, 0.25) is 0 Å². The summed E-state index contributed by atoms with van der Waals surface area (Å²) in [6.45, 7) is 0.609. The lowest BCUT2D eigenvalue weighted by Crippen LogP contribution is -2.36. The lowest BCUT2D eigenvalue weighted by atomic mass is 9.98. The molecular weight excluding hydrogens is 308 g/mol. The van der Waals surface area contributed by atoms with Gasteiger partial charge in [-0.2, -0.15) is 0 Å². The normalized spacial score (nSPS) is 21.7. The van der Waals surface area contributed by atoms with Crippen LogP contribution in [0.1, 0.15) is 61.7 Å². The van der Waals surface area contributed by atoms with Crippen molar-refractivity contribution in [3.8, 4) is 5.88 Å². The first-order valence-electron chi connectivity index (χ1n) is 8.79. The van der Waals surface area contributed by atoms with Gasteiger partial charge in [0.2, 0.25) is 5.88 Å². The van der Waals surface area contributed by atoms with Crippen LogP contribution in [-0.4, -0.2) is 45.6 Å². The molecule has 1 saturated carbocycles. The van der Waals surface area contributed by atoms with E-state index in [0.29, 0.717) is 18.0 Å². The van der Waals surface area contributed by atoms with Crippen LogP contribution in [0.5, 0.6) is 5.88 Å². The van der Waals surface area contributed by atoms with Gasteiger partial charge < -0.3 is 14.7 Å². The van der Waals surface area contributed by atoms with Crippen LogP contribution >= 0.6 is 0 Å². The molecule has 1 aliphatic carbocycles. The van der Waals surface area contributed by atoms with Crippen molar-refractivity contribution in [3.63, 3.8) is 0 Å². The molecule has 1 amide bonds. The topological polar surface area (TPSA) is 79.7 Å². The summed E-state index contributed by atoms with van der Waals surface area (Å²) in [5.41, 5.74) is 0.521. The number of aromatic nitrogens is 1. The van der Waals surface area contributed by atoms with Crippen LogP contribution < -0.4 is 4.74 Å². The zero-order valence-corrected chi connectivity index (χ0v) is 13.8. The van der Waals surface area contributed by atoms with E-state index in [-0.39, 0.29) is 24.5 Å². The van der Waals surface area contributed by atoms with Crippen LogP contribution in [0.3, 0.4) is 0 Å². The van der Waals surface area contributed by atoms with Gasteiger partial charge in [-0.25, -0.2) is 4.98 Å². The number of carbonyl (C=O) groups excluding carboxylic acids is 1. The van der Waals surface area contributed by atoms with Gasteiger partial charge in [0, 0.05) is 30.4 Å². The van der Waals surface area contributed by atoms with Crippen molar-refractivity contribution >= 4 is 11.9 Å². The molecule has 2 fully saturated rings. The highest BCUT2D eigenvalue weighted by Crippen LogP contribution is 2.25. The van der Waals surface area contributed by atoms with E-state index in [1.807, 2.05) is 0 Å². The highest BCUT2D eigenvalue weighted by molar-refractivity contribution is 5.95. The molecule has 2 aliphatic rings. The van der Waals surface area contributed by atoms with Crippen LogP contribution in [0.25, 0.3) is 0 Å². The average Bonchev–Trinajstić information content (AvgIpc) is 3.02. The monoisotopic (exact) mass is 332 g/mol. The fraction of sp³-hybridized carbons (Fsp3) is 0.611. The van der Waals surface area contributed by atoms with Crippen molar-refractivity contribution in [2.24, 2.45) is 0 Å². The van der Waals surface area contributed by atoms with Crippen LogP contribution in [-0.2, 0) is 4.79 Å². The summed E-state index contributed by atoms with van der Waals surface area (Å²) < 4.78 is 5.92. The number of amides is 1. The van der Waals surface area contributed by atoms with Crippen molar-refractivity contribution in [2.45, 2.75) is 63.5 Å². The summed E-state index contributed by atoms with van der Waals surface area (Å²) in [6, 6.07) is 3.14. The number of likely N-dealkylation sites (tertiary alicyclic amines) is 1. The van der Waals surface area contributed by atoms with Gasteiger partial charge in [0.15, 0.2) is 0 Å². The summed E-state index contributed by atoms with van der Waals surface area (Å²) in [5, 5.41) is 9.00. The second kappa shape index (κ2) is 7.64. The number of pyridine rings is 1. The molecule has 1 N–H and O–H groups in total. The molecule has 3 rings (SSSR count). The summed E-state index contributed by atoms with van der Waals surface area (Å²) >= 11 is 0. The number of carbonyl (C=O) groups is 2. The minimum atomic E-state index is -0.865. The highest BCUT2D eigenvalue weighted by Gasteiger charge is 2.31. The third-order valence-corrected chi connectivity index (χ3v) is 4.87. The fourth-order valence-electron chi connectivity index (χ4n) is 3.64. The molecule has 1 aromatic rings. The molecule has 0 aromatic carbocycles. The zero-order chi connectivity index (χ0) is 16.9. The number of rotatable bonds is 5. The van der Waals surface area contributed by atoms with Gasteiger partial charge >= 0.3 is 5.97 Å². The Morgan fingerprint density at radius 1 is 1.21 bits per heavy atom. The maximum Gasteiger partial charge on any atom is 0.305 e. The zero-order valence-electron chi connectivity index (χ0n) is 13.8. The number of carboxylic acid groups (broad SMARTS) is 1. The third kappa shape index (κ3) is 4.04. The van der Waals surface area contributed by atoms with E-state index >= 15 is 0 Å². The third-order valence-electron chi connectivity index (χ3n) is 4.87. The maximum atomic E-state index is 12.7. The van der Waals surface area contributed by atoms with E-state index in [9.17, 15) is 9.59 Å². The number of carboxylic acids is 1. The molecule has 6 nitrogen and oxygen atoms in total. The first-order chi connectivity index (χ1) is 11.6. The second-order valence-electron chi connectivity index (χ2n) is 6.65. The molecule has 1 aliphatic heterocycles. The number of nitrogens with zero attached hydrogens (tertiary/aromatic N) is 2. The van der Waals surface area contributed by atoms with Gasteiger partial charge in [-0.15, -0.1) is 0 Å². The molecular formula is C18H24N2O4. The largest absolute Gasteiger partial charge is 0.481 e. The lowest BCUT2D eigenvalue weighted by Gasteiger charge is -2.24. The van der Waals surface area contributed by atoms with E-state index in [2.05, 4.69) is 4.98 Å². The van der Waals surface area contributed by atoms with Crippen LogP contribution in [0.15, 0.2) is 18.3 Å². The molecule has 0 radical (unpaired) electrons. The summed E-state index contributed by atoms with van der Waals surface area (Å²) in [6.07, 6.45) is 9.04. The van der Waals surface area contributed by atoms with Crippen LogP contribution in [0, 0.1) is 0 Å². The Morgan fingerprint density at radius 3 is 2.75 bits per heavy atom. The SMILES string of the molecule is O=C(O)CC1CCCN1C(=O)c1ccnc(OC2CCCCC2)c1. The number of hydrogen-bond donors (Lipinski definition) is 1. The smallest absolute Gasteiger partial charge is 0.305 e. The molecule has 1 saturated heterocycles. The molecule has 2 heterocycles. The highest BCUT2D eigenvalue weighted by atomic mass is 16.5. The lowest BCUT2D eigenvalue weighted by molar-refractivity contribution is -0.137. The summed E-state index contributed by atoms with van der Waals surface area (Å²) in [4.78, 5) is 29.6. The molecule has 1 atom stereocenters. The van der Waals surface area contributed by atoms with E-state index in [0.717, 1.165) is 25.7 Å². The van der Waals surface area contributed by atoms with Crippen molar-refractivity contribution in [3.05, 3.63) is 23.9 Å². The van der Waals surface area contributed by atoms with Crippen molar-refractivity contribution in [1.29, 1.82) is 0 Å². The summed E-state index contributed by atoms with van der Waals surface area (Å²) in [5.74, 6) is -0.507. The number of hydrogen-bond acceptors (Lipinski definition) is 4. The Labute approximate surface area is 141 Å². The quantitative estimate of drug-likeness (QED) is 0.897. The molecule has 24 heavy (non-hydrogen) atoms. The Kier molecular flexibility index (Phi) is 5.33. The van der Waals surface area contributed by atoms with Gasteiger partial charge in [-0.3, -0.25) is 9.59 Å². The minimum absolute atomic E-state index is 0.00224. The van der Waals surface area contributed by atoms with Crippen molar-refractivity contribution in [2.75, 3.05) is 6.54 Å². The Bertz CT molecular complexity index is 598. The molecule has 0 spiro atoms. The predicted octanol–water partition coefficient (Wildman–Crippen LogP) is 2.87. The standard InChI is InChI=1S/C18H24N2O4/c21-17(22)12-14-5-4-10-20(14)18(23)13-8-9-19-16(11-13)24-15-6-2-1-3-7-15/h8-9,11,14-15H,1-7,10,12H2,(H,21,22). The molecule has 0 bridgehead atoms. The number of ether oxygens (including phenoxy) is 1. The average molecular weight is 332 g/mol. The summed E-state index contributed by atoms with van der Waals surface area (Å²) in [7, 11) is 0. The van der Waals surface area contributed by atoms with Crippen molar-refractivity contribution < 1.29 is 19.4 Å². The van der Waals surface area contributed by atoms with E-state index < -0.39 is 5.97 Å². The first kappa shape index (κ1) is 16.7.